The maximum Gasteiger partial charge on any atom is -0.00903 e. The van der Waals surface area contributed by atoms with Gasteiger partial charge >= 0.3 is 0 Å². The highest BCUT2D eigenvalue weighted by Gasteiger charge is 2.41. The van der Waals surface area contributed by atoms with Crippen LogP contribution in [0, 0.1) is 17.8 Å². The average Bonchev–Trinajstić information content (AvgIpc) is 3.12. The van der Waals surface area contributed by atoms with Crippen LogP contribution in [0.15, 0.2) is 35.5 Å². The molecule has 0 spiro atoms. The van der Waals surface area contributed by atoms with Crippen molar-refractivity contribution in [1.29, 1.82) is 0 Å². The van der Waals surface area contributed by atoms with E-state index in [0.29, 0.717) is 0 Å². The second-order valence-electron chi connectivity index (χ2n) is 5.87. The summed E-state index contributed by atoms with van der Waals surface area (Å²) in [6.45, 7) is 6.92. The summed E-state index contributed by atoms with van der Waals surface area (Å²) in [5.41, 5.74) is 3.16. The van der Waals surface area contributed by atoms with E-state index < -0.39 is 0 Å². The lowest BCUT2D eigenvalue weighted by molar-refractivity contribution is 0.498. The summed E-state index contributed by atoms with van der Waals surface area (Å²) in [5, 5.41) is 0. The van der Waals surface area contributed by atoms with Gasteiger partial charge in [-0.15, -0.1) is 0 Å². The van der Waals surface area contributed by atoms with Crippen LogP contribution >= 0.6 is 0 Å². The molecule has 0 bridgehead atoms. The lowest BCUT2D eigenvalue weighted by atomic mass is 9.98. The Labute approximate surface area is 106 Å². The van der Waals surface area contributed by atoms with Crippen LogP contribution in [-0.4, -0.2) is 0 Å². The van der Waals surface area contributed by atoms with Gasteiger partial charge in [0.1, 0.15) is 0 Å². The van der Waals surface area contributed by atoms with E-state index >= 15 is 0 Å². The number of hydrogen-bond donors (Lipinski definition) is 0. The Morgan fingerprint density at radius 3 is 2.94 bits per heavy atom. The maximum atomic E-state index is 2.39. The molecule has 1 fully saturated rings. The normalized spacial score (nSPS) is 28.6. The zero-order valence-corrected chi connectivity index (χ0v) is 11.6. The van der Waals surface area contributed by atoms with Gasteiger partial charge in [0.15, 0.2) is 0 Å². The average molecular weight is 230 g/mol. The van der Waals surface area contributed by atoms with Crippen molar-refractivity contribution in [1.82, 2.24) is 0 Å². The van der Waals surface area contributed by atoms with Crippen molar-refractivity contribution in [2.24, 2.45) is 17.8 Å². The van der Waals surface area contributed by atoms with E-state index in [1.54, 1.807) is 11.1 Å². The zero-order chi connectivity index (χ0) is 12.3. The Kier molecular flexibility index (Phi) is 4.25. The van der Waals surface area contributed by atoms with Crippen LogP contribution < -0.4 is 0 Å². The van der Waals surface area contributed by atoms with Gasteiger partial charge in [0.05, 0.1) is 0 Å². The molecule has 1 saturated carbocycles. The summed E-state index contributed by atoms with van der Waals surface area (Å²) in [4.78, 5) is 0. The van der Waals surface area contributed by atoms with Crippen molar-refractivity contribution in [2.45, 2.75) is 52.9 Å². The van der Waals surface area contributed by atoms with E-state index in [9.17, 15) is 0 Å². The van der Waals surface area contributed by atoms with Crippen LogP contribution in [0.4, 0.5) is 0 Å². The van der Waals surface area contributed by atoms with Gasteiger partial charge in [-0.05, 0) is 49.5 Å². The highest BCUT2D eigenvalue weighted by molar-refractivity contribution is 5.40. The highest BCUT2D eigenvalue weighted by Crippen LogP contribution is 2.51. The molecule has 0 amide bonds. The molecule has 0 heterocycles. The summed E-state index contributed by atoms with van der Waals surface area (Å²) in [5.74, 6) is 2.65. The molecule has 0 heteroatoms. The van der Waals surface area contributed by atoms with Gasteiger partial charge < -0.3 is 0 Å². The van der Waals surface area contributed by atoms with E-state index in [2.05, 4.69) is 45.1 Å². The van der Waals surface area contributed by atoms with Gasteiger partial charge in [-0.2, -0.15) is 0 Å². The van der Waals surface area contributed by atoms with Crippen molar-refractivity contribution < 1.29 is 0 Å². The summed E-state index contributed by atoms with van der Waals surface area (Å²) in [7, 11) is 0. The molecular weight excluding hydrogens is 204 g/mol. The van der Waals surface area contributed by atoms with E-state index in [4.69, 9.17) is 0 Å². The molecule has 0 aromatic heterocycles. The number of hydrogen-bond acceptors (Lipinski definition) is 0. The molecule has 2 aliphatic carbocycles. The number of allylic oxidation sites excluding steroid dienone is 6. The first kappa shape index (κ1) is 12.7. The van der Waals surface area contributed by atoms with E-state index in [-0.39, 0.29) is 0 Å². The van der Waals surface area contributed by atoms with E-state index in [0.717, 1.165) is 17.8 Å². The minimum Gasteiger partial charge on any atom is -0.0843 e. The predicted octanol–water partition coefficient (Wildman–Crippen LogP) is 5.28. The fourth-order valence-electron chi connectivity index (χ4n) is 2.73. The Balaban J connectivity index is 1.71. The maximum absolute atomic E-state index is 2.39. The molecule has 0 aliphatic heterocycles. The summed E-state index contributed by atoms with van der Waals surface area (Å²) in [6.07, 6.45) is 16.1. The molecule has 2 aliphatic rings. The Hall–Kier alpha value is -0.780. The SMILES string of the molecule is CCC(C)CCCC=CC1=CC=C(C)C2CC12. The third-order valence-electron chi connectivity index (χ3n) is 4.42. The van der Waals surface area contributed by atoms with Gasteiger partial charge in [0, 0.05) is 0 Å². The van der Waals surface area contributed by atoms with E-state index in [1.165, 1.54) is 32.1 Å². The third kappa shape index (κ3) is 3.34. The van der Waals surface area contributed by atoms with Crippen LogP contribution in [0.1, 0.15) is 52.9 Å². The smallest absolute Gasteiger partial charge is 0.00903 e. The van der Waals surface area contributed by atoms with E-state index in [1.807, 2.05) is 0 Å². The standard InChI is InChI=1S/C17H26/c1-4-13(2)8-6-5-7-9-15-11-10-14(3)16-12-17(15)16/h7,9-11,13,16-17H,4-6,8,12H2,1-3H3. The summed E-state index contributed by atoms with van der Waals surface area (Å²) < 4.78 is 0. The molecule has 0 aromatic carbocycles. The Morgan fingerprint density at radius 1 is 1.35 bits per heavy atom. The highest BCUT2D eigenvalue weighted by atomic mass is 14.4. The molecule has 0 nitrogen and oxygen atoms in total. The first-order valence-corrected chi connectivity index (χ1v) is 7.27. The molecule has 0 saturated heterocycles. The van der Waals surface area contributed by atoms with Crippen LogP contribution in [0.25, 0.3) is 0 Å². The number of rotatable bonds is 6. The fourth-order valence-corrected chi connectivity index (χ4v) is 2.73. The minimum atomic E-state index is 0.866. The van der Waals surface area contributed by atoms with Crippen molar-refractivity contribution in [3.63, 3.8) is 0 Å². The molecular formula is C17H26. The van der Waals surface area contributed by atoms with Crippen LogP contribution in [0.2, 0.25) is 0 Å². The van der Waals surface area contributed by atoms with Gasteiger partial charge in [-0.1, -0.05) is 56.6 Å². The van der Waals surface area contributed by atoms with Gasteiger partial charge in [0.25, 0.3) is 0 Å². The van der Waals surface area contributed by atoms with Crippen molar-refractivity contribution in [2.75, 3.05) is 0 Å². The monoisotopic (exact) mass is 230 g/mol. The lowest BCUT2D eigenvalue weighted by Crippen LogP contribution is -1.93. The van der Waals surface area contributed by atoms with Crippen LogP contribution in [0.3, 0.4) is 0 Å². The van der Waals surface area contributed by atoms with Crippen LogP contribution in [-0.2, 0) is 0 Å². The Morgan fingerprint density at radius 2 is 2.18 bits per heavy atom. The minimum absolute atomic E-state index is 0.866. The molecule has 0 radical (unpaired) electrons. The Bertz CT molecular complexity index is 343. The molecule has 3 atom stereocenters. The summed E-state index contributed by atoms with van der Waals surface area (Å²) >= 11 is 0. The largest absolute Gasteiger partial charge is 0.0843 e. The molecule has 3 unspecified atom stereocenters. The van der Waals surface area contributed by atoms with Crippen molar-refractivity contribution in [3.8, 4) is 0 Å². The topological polar surface area (TPSA) is 0 Å². The third-order valence-corrected chi connectivity index (χ3v) is 4.42. The molecule has 94 valence electrons. The second kappa shape index (κ2) is 5.71. The quantitative estimate of drug-likeness (QED) is 0.544. The lowest BCUT2D eigenvalue weighted by Gasteiger charge is -2.08. The van der Waals surface area contributed by atoms with Crippen molar-refractivity contribution in [3.05, 3.63) is 35.5 Å². The van der Waals surface area contributed by atoms with Gasteiger partial charge in [-0.3, -0.25) is 0 Å². The molecule has 2 rings (SSSR count). The predicted molar refractivity (Wildman–Crippen MR) is 75.9 cm³/mol. The van der Waals surface area contributed by atoms with Gasteiger partial charge in [0.2, 0.25) is 0 Å². The first-order valence-electron chi connectivity index (χ1n) is 7.27. The molecule has 0 aromatic rings. The fraction of sp³-hybridized carbons (Fsp3) is 0.647. The number of unbranched alkanes of at least 4 members (excludes halogenated alkanes) is 1. The van der Waals surface area contributed by atoms with Crippen LogP contribution in [0.5, 0.6) is 0 Å². The second-order valence-corrected chi connectivity index (χ2v) is 5.87. The summed E-state index contributed by atoms with van der Waals surface area (Å²) in [6, 6.07) is 0. The van der Waals surface area contributed by atoms with Crippen molar-refractivity contribution >= 4 is 0 Å². The molecule has 17 heavy (non-hydrogen) atoms. The van der Waals surface area contributed by atoms with Gasteiger partial charge in [-0.25, -0.2) is 0 Å². The zero-order valence-electron chi connectivity index (χ0n) is 11.6. The number of fused-ring (bicyclic) bond motifs is 1. The molecule has 0 N–H and O–H groups in total. The first-order chi connectivity index (χ1) is 8.22.